The summed E-state index contributed by atoms with van der Waals surface area (Å²) < 4.78 is 5.24. The Labute approximate surface area is 72.2 Å². The summed E-state index contributed by atoms with van der Waals surface area (Å²) in [4.78, 5) is 10.4. The van der Waals surface area contributed by atoms with Crippen LogP contribution < -0.4 is 0 Å². The molecule has 1 unspecified atom stereocenters. The van der Waals surface area contributed by atoms with E-state index in [1.165, 1.54) is 0 Å². The molecule has 1 rings (SSSR count). The van der Waals surface area contributed by atoms with Crippen LogP contribution in [-0.4, -0.2) is 12.5 Å². The molecule has 0 amide bonds. The molecule has 0 saturated carbocycles. The first-order valence-electron chi connectivity index (χ1n) is 4.05. The Morgan fingerprint density at radius 2 is 2.42 bits per heavy atom. The van der Waals surface area contributed by atoms with Crippen molar-refractivity contribution in [2.75, 3.05) is 6.61 Å². The number of hydrogen-bond acceptors (Lipinski definition) is 2. The highest BCUT2D eigenvalue weighted by atomic mass is 16.5. The lowest BCUT2D eigenvalue weighted by Crippen LogP contribution is -2.02. The molecule has 0 aromatic heterocycles. The van der Waals surface area contributed by atoms with E-state index in [0.717, 1.165) is 5.76 Å². The van der Waals surface area contributed by atoms with E-state index < -0.39 is 0 Å². The molecule has 1 aliphatic carbocycles. The first-order valence-corrected chi connectivity index (χ1v) is 4.05. The van der Waals surface area contributed by atoms with Gasteiger partial charge in [0.1, 0.15) is 11.7 Å². The monoisotopic (exact) mass is 164 g/mol. The third kappa shape index (κ3) is 1.86. The zero-order valence-electron chi connectivity index (χ0n) is 7.33. The van der Waals surface area contributed by atoms with E-state index in [1.807, 2.05) is 31.9 Å². The lowest BCUT2D eigenvalue weighted by atomic mass is 9.97. The molecule has 0 bridgehead atoms. The van der Waals surface area contributed by atoms with Crippen molar-refractivity contribution in [1.29, 1.82) is 0 Å². The summed E-state index contributed by atoms with van der Waals surface area (Å²) in [7, 11) is 0. The van der Waals surface area contributed by atoms with Crippen molar-refractivity contribution in [3.63, 3.8) is 0 Å². The van der Waals surface area contributed by atoms with Gasteiger partial charge < -0.3 is 4.74 Å². The summed E-state index contributed by atoms with van der Waals surface area (Å²) in [5.41, 5.74) is 0.654. The highest BCUT2D eigenvalue weighted by Gasteiger charge is 2.10. The van der Waals surface area contributed by atoms with E-state index in [-0.39, 0.29) is 5.92 Å². The zero-order valence-corrected chi connectivity index (χ0v) is 7.33. The smallest absolute Gasteiger partial charge is 0.128 e. The molecule has 0 fully saturated rings. The van der Waals surface area contributed by atoms with Gasteiger partial charge in [-0.25, -0.2) is 4.79 Å². The number of allylic oxidation sites excluding steroid dienone is 4. The number of hydrogen-bond donors (Lipinski definition) is 0. The molecule has 0 saturated heterocycles. The molecule has 0 aromatic carbocycles. The van der Waals surface area contributed by atoms with Crippen molar-refractivity contribution < 1.29 is 9.53 Å². The summed E-state index contributed by atoms with van der Waals surface area (Å²) in [6, 6.07) is 0. The standard InChI is InChI=1S/C10H12O2/c1-3-12-10-5-4-8(2)9(6-10)7-11/h4-6,8H,3H2,1-2H3. The van der Waals surface area contributed by atoms with Crippen LogP contribution in [0.4, 0.5) is 0 Å². The first kappa shape index (κ1) is 8.82. The van der Waals surface area contributed by atoms with Gasteiger partial charge in [-0.15, -0.1) is 0 Å². The third-order valence-electron chi connectivity index (χ3n) is 1.77. The van der Waals surface area contributed by atoms with E-state index >= 15 is 0 Å². The minimum absolute atomic E-state index is 0.159. The third-order valence-corrected chi connectivity index (χ3v) is 1.77. The Kier molecular flexibility index (Phi) is 2.89. The Morgan fingerprint density at radius 3 is 3.00 bits per heavy atom. The Balaban J connectivity index is 2.81. The fourth-order valence-electron chi connectivity index (χ4n) is 1.05. The first-order chi connectivity index (χ1) is 5.77. The van der Waals surface area contributed by atoms with E-state index in [4.69, 9.17) is 4.74 Å². The summed E-state index contributed by atoms with van der Waals surface area (Å²) in [5, 5.41) is 0. The van der Waals surface area contributed by atoms with Crippen LogP contribution >= 0.6 is 0 Å². The van der Waals surface area contributed by atoms with Crippen LogP contribution in [0.2, 0.25) is 0 Å². The van der Waals surface area contributed by atoms with Crippen LogP contribution in [0.1, 0.15) is 13.8 Å². The largest absolute Gasteiger partial charge is 0.494 e. The second kappa shape index (κ2) is 3.93. The molecule has 0 spiro atoms. The van der Waals surface area contributed by atoms with Crippen LogP contribution in [0.15, 0.2) is 29.6 Å². The maximum atomic E-state index is 10.4. The Hall–Kier alpha value is -1.27. The highest BCUT2D eigenvalue weighted by molar-refractivity contribution is 5.61. The topological polar surface area (TPSA) is 26.3 Å². The molecule has 0 aromatic rings. The molecule has 0 heterocycles. The summed E-state index contributed by atoms with van der Waals surface area (Å²) >= 11 is 0. The van der Waals surface area contributed by atoms with Crippen molar-refractivity contribution in [2.45, 2.75) is 13.8 Å². The van der Waals surface area contributed by atoms with Gasteiger partial charge in [0.15, 0.2) is 0 Å². The Morgan fingerprint density at radius 1 is 1.67 bits per heavy atom. The molecule has 2 heteroatoms. The van der Waals surface area contributed by atoms with Crippen molar-refractivity contribution in [3.8, 4) is 0 Å². The molecule has 12 heavy (non-hydrogen) atoms. The molecule has 1 atom stereocenters. The number of rotatable bonds is 2. The molecule has 0 aliphatic heterocycles. The van der Waals surface area contributed by atoms with Gasteiger partial charge >= 0.3 is 0 Å². The van der Waals surface area contributed by atoms with Gasteiger partial charge in [-0.2, -0.15) is 0 Å². The molecule has 2 nitrogen and oxygen atoms in total. The van der Waals surface area contributed by atoms with E-state index in [1.54, 1.807) is 6.08 Å². The van der Waals surface area contributed by atoms with Gasteiger partial charge in [0.05, 0.1) is 6.61 Å². The number of ether oxygens (including phenoxy) is 1. The SMILES string of the molecule is CCOC1=CC(=C=O)C(C)C=C1. The fraction of sp³-hybridized carbons (Fsp3) is 0.400. The number of carbonyl (C=O) groups excluding carboxylic acids is 1. The second-order valence-electron chi connectivity index (χ2n) is 2.68. The van der Waals surface area contributed by atoms with E-state index in [2.05, 4.69) is 0 Å². The predicted molar refractivity (Wildman–Crippen MR) is 47.2 cm³/mol. The van der Waals surface area contributed by atoms with Gasteiger partial charge in [0.2, 0.25) is 0 Å². The summed E-state index contributed by atoms with van der Waals surface area (Å²) in [6.45, 7) is 4.49. The molecular formula is C10H12O2. The minimum Gasteiger partial charge on any atom is -0.494 e. The second-order valence-corrected chi connectivity index (χ2v) is 2.68. The highest BCUT2D eigenvalue weighted by Crippen LogP contribution is 2.19. The molecule has 1 aliphatic rings. The Bertz CT molecular complexity index is 268. The molecule has 0 radical (unpaired) electrons. The van der Waals surface area contributed by atoms with Crippen LogP contribution in [0.5, 0.6) is 0 Å². The minimum atomic E-state index is 0.159. The molecular weight excluding hydrogens is 152 g/mol. The average molecular weight is 164 g/mol. The normalized spacial score (nSPS) is 21.7. The fourth-order valence-corrected chi connectivity index (χ4v) is 1.05. The lowest BCUT2D eigenvalue weighted by Gasteiger charge is -2.12. The molecule has 0 N–H and O–H groups in total. The van der Waals surface area contributed by atoms with E-state index in [0.29, 0.717) is 12.2 Å². The van der Waals surface area contributed by atoms with Crippen molar-refractivity contribution in [1.82, 2.24) is 0 Å². The molecule has 64 valence electrons. The summed E-state index contributed by atoms with van der Waals surface area (Å²) in [6.07, 6.45) is 5.56. The predicted octanol–water partition coefficient (Wildman–Crippen LogP) is 1.87. The zero-order chi connectivity index (χ0) is 8.97. The quantitative estimate of drug-likeness (QED) is 0.582. The van der Waals surface area contributed by atoms with Crippen LogP contribution in [-0.2, 0) is 9.53 Å². The van der Waals surface area contributed by atoms with E-state index in [9.17, 15) is 4.79 Å². The van der Waals surface area contributed by atoms with Crippen molar-refractivity contribution in [3.05, 3.63) is 29.6 Å². The van der Waals surface area contributed by atoms with Gasteiger partial charge in [0.25, 0.3) is 0 Å². The van der Waals surface area contributed by atoms with Crippen LogP contribution in [0.25, 0.3) is 0 Å². The van der Waals surface area contributed by atoms with Crippen LogP contribution in [0.3, 0.4) is 0 Å². The maximum Gasteiger partial charge on any atom is 0.128 e. The maximum absolute atomic E-state index is 10.4. The van der Waals surface area contributed by atoms with Crippen molar-refractivity contribution >= 4 is 5.94 Å². The van der Waals surface area contributed by atoms with Crippen molar-refractivity contribution in [2.24, 2.45) is 5.92 Å². The van der Waals surface area contributed by atoms with Gasteiger partial charge in [0, 0.05) is 11.5 Å². The van der Waals surface area contributed by atoms with Gasteiger partial charge in [-0.1, -0.05) is 13.0 Å². The lowest BCUT2D eigenvalue weighted by molar-refractivity contribution is 0.241. The van der Waals surface area contributed by atoms with Gasteiger partial charge in [-0.3, -0.25) is 0 Å². The summed E-state index contributed by atoms with van der Waals surface area (Å²) in [5.74, 6) is 2.80. The average Bonchev–Trinajstić information content (AvgIpc) is 2.09. The van der Waals surface area contributed by atoms with Gasteiger partial charge in [-0.05, 0) is 19.1 Å². The van der Waals surface area contributed by atoms with Crippen LogP contribution in [0, 0.1) is 5.92 Å².